The molecule has 0 aliphatic rings. The van der Waals surface area contributed by atoms with Crippen LogP contribution in [0.15, 0.2) is 42.7 Å². The molecule has 0 aliphatic heterocycles. The van der Waals surface area contributed by atoms with Crippen LogP contribution in [-0.2, 0) is 16.0 Å². The van der Waals surface area contributed by atoms with Gasteiger partial charge in [0.2, 0.25) is 5.91 Å². The molecule has 0 aliphatic carbocycles. The third kappa shape index (κ3) is 3.68. The van der Waals surface area contributed by atoms with Gasteiger partial charge in [0.05, 0.1) is 11.9 Å². The molecule has 1 aromatic carbocycles. The fraction of sp³-hybridized carbons (Fsp3) is 0.333. The van der Waals surface area contributed by atoms with Gasteiger partial charge in [0.15, 0.2) is 0 Å². The second-order valence-electron chi connectivity index (χ2n) is 4.55. The third-order valence-electron chi connectivity index (χ3n) is 3.09. The molecule has 5 heteroatoms. The van der Waals surface area contributed by atoms with Gasteiger partial charge in [0, 0.05) is 19.9 Å². The summed E-state index contributed by atoms with van der Waals surface area (Å²) in [4.78, 5) is 11.5. The Balaban J connectivity index is 1.86. The molecule has 2 rings (SSSR count). The summed E-state index contributed by atoms with van der Waals surface area (Å²) >= 11 is 0. The van der Waals surface area contributed by atoms with Gasteiger partial charge >= 0.3 is 0 Å². The summed E-state index contributed by atoms with van der Waals surface area (Å²) in [5.74, 6) is -0.0945. The van der Waals surface area contributed by atoms with Crippen molar-refractivity contribution in [3.63, 3.8) is 0 Å². The molecule has 5 nitrogen and oxygen atoms in total. The van der Waals surface area contributed by atoms with E-state index >= 15 is 0 Å². The number of ether oxygens (including phenoxy) is 1. The van der Waals surface area contributed by atoms with Gasteiger partial charge in [-0.1, -0.05) is 18.2 Å². The molecule has 0 spiro atoms. The van der Waals surface area contributed by atoms with Crippen LogP contribution in [0, 0.1) is 0 Å². The molecule has 2 aromatic rings. The molecular formula is C15H19N3O2. The minimum absolute atomic E-state index is 0.0945. The number of carbonyl (C=O) groups is 1. The highest BCUT2D eigenvalue weighted by molar-refractivity contribution is 5.80. The van der Waals surface area contributed by atoms with Crippen molar-refractivity contribution in [1.82, 2.24) is 15.1 Å². The summed E-state index contributed by atoms with van der Waals surface area (Å²) in [6.07, 6.45) is 4.12. The molecule has 1 aromatic heterocycles. The maximum Gasteiger partial charge on any atom is 0.248 e. The number of benzene rings is 1. The highest BCUT2D eigenvalue weighted by Crippen LogP contribution is 2.07. The number of amides is 1. The molecule has 20 heavy (non-hydrogen) atoms. The fourth-order valence-corrected chi connectivity index (χ4v) is 1.79. The van der Waals surface area contributed by atoms with Crippen LogP contribution >= 0.6 is 0 Å². The van der Waals surface area contributed by atoms with Gasteiger partial charge in [-0.2, -0.15) is 5.10 Å². The number of hydrogen-bond donors (Lipinski definition) is 1. The van der Waals surface area contributed by atoms with Crippen LogP contribution < -0.4 is 5.32 Å². The predicted molar refractivity (Wildman–Crippen MR) is 76.7 cm³/mol. The molecule has 0 saturated carbocycles. The topological polar surface area (TPSA) is 56.1 Å². The predicted octanol–water partition coefficient (Wildman–Crippen LogP) is 1.57. The van der Waals surface area contributed by atoms with E-state index < -0.39 is 6.10 Å². The van der Waals surface area contributed by atoms with Gasteiger partial charge in [-0.25, -0.2) is 4.68 Å². The van der Waals surface area contributed by atoms with Gasteiger partial charge < -0.3 is 10.1 Å². The monoisotopic (exact) mass is 273 g/mol. The van der Waals surface area contributed by atoms with E-state index in [0.717, 1.165) is 17.7 Å². The molecule has 0 radical (unpaired) electrons. The van der Waals surface area contributed by atoms with Crippen molar-refractivity contribution in [3.8, 4) is 5.69 Å². The Morgan fingerprint density at radius 1 is 1.40 bits per heavy atom. The van der Waals surface area contributed by atoms with Gasteiger partial charge in [0.25, 0.3) is 0 Å². The Morgan fingerprint density at radius 3 is 2.85 bits per heavy atom. The smallest absolute Gasteiger partial charge is 0.248 e. The van der Waals surface area contributed by atoms with Crippen LogP contribution in [0.1, 0.15) is 12.5 Å². The lowest BCUT2D eigenvalue weighted by Crippen LogP contribution is -2.35. The molecule has 1 atom stereocenters. The van der Waals surface area contributed by atoms with Crippen molar-refractivity contribution < 1.29 is 9.53 Å². The number of rotatable bonds is 6. The van der Waals surface area contributed by atoms with Crippen LogP contribution in [0.3, 0.4) is 0 Å². The van der Waals surface area contributed by atoms with E-state index in [1.54, 1.807) is 6.92 Å². The van der Waals surface area contributed by atoms with Crippen LogP contribution in [0.25, 0.3) is 5.69 Å². The average Bonchev–Trinajstić information content (AvgIpc) is 2.96. The SMILES string of the molecule is CO[C@H](C)C(=O)NCCc1cnn(-c2ccccc2)c1. The fourth-order valence-electron chi connectivity index (χ4n) is 1.79. The van der Waals surface area contributed by atoms with E-state index in [0.29, 0.717) is 6.54 Å². The number of methoxy groups -OCH3 is 1. The van der Waals surface area contributed by atoms with Crippen molar-refractivity contribution >= 4 is 5.91 Å². The number of nitrogens with zero attached hydrogens (tertiary/aromatic N) is 2. The van der Waals surface area contributed by atoms with Crippen LogP contribution in [0.2, 0.25) is 0 Å². The highest BCUT2D eigenvalue weighted by atomic mass is 16.5. The lowest BCUT2D eigenvalue weighted by atomic mass is 10.2. The average molecular weight is 273 g/mol. The molecular weight excluding hydrogens is 254 g/mol. The third-order valence-corrected chi connectivity index (χ3v) is 3.09. The van der Waals surface area contributed by atoms with E-state index in [9.17, 15) is 4.79 Å². The molecule has 0 unspecified atom stereocenters. The highest BCUT2D eigenvalue weighted by Gasteiger charge is 2.10. The zero-order valence-corrected chi connectivity index (χ0v) is 11.7. The lowest BCUT2D eigenvalue weighted by molar-refractivity contribution is -0.129. The van der Waals surface area contributed by atoms with Gasteiger partial charge in [0.1, 0.15) is 6.10 Å². The zero-order valence-electron chi connectivity index (χ0n) is 11.7. The van der Waals surface area contributed by atoms with E-state index in [4.69, 9.17) is 4.74 Å². The number of nitrogens with one attached hydrogen (secondary N) is 1. The first-order chi connectivity index (χ1) is 9.70. The van der Waals surface area contributed by atoms with Crippen molar-refractivity contribution in [2.24, 2.45) is 0 Å². The molecule has 0 saturated heterocycles. The lowest BCUT2D eigenvalue weighted by Gasteiger charge is -2.09. The van der Waals surface area contributed by atoms with E-state index in [1.165, 1.54) is 7.11 Å². The summed E-state index contributed by atoms with van der Waals surface area (Å²) in [6.45, 7) is 2.30. The van der Waals surface area contributed by atoms with Gasteiger partial charge in [-0.15, -0.1) is 0 Å². The van der Waals surface area contributed by atoms with Crippen molar-refractivity contribution in [1.29, 1.82) is 0 Å². The second-order valence-corrected chi connectivity index (χ2v) is 4.55. The molecule has 0 bridgehead atoms. The maximum absolute atomic E-state index is 11.5. The van der Waals surface area contributed by atoms with Crippen LogP contribution in [-0.4, -0.2) is 35.4 Å². The van der Waals surface area contributed by atoms with E-state index in [1.807, 2.05) is 47.4 Å². The molecule has 1 heterocycles. The summed E-state index contributed by atoms with van der Waals surface area (Å²) in [6, 6.07) is 9.92. The van der Waals surface area contributed by atoms with Crippen molar-refractivity contribution in [2.75, 3.05) is 13.7 Å². The first kappa shape index (κ1) is 14.3. The van der Waals surface area contributed by atoms with Gasteiger partial charge in [-0.3, -0.25) is 4.79 Å². The number of para-hydroxylation sites is 1. The Kier molecular flexibility index (Phi) is 4.90. The summed E-state index contributed by atoms with van der Waals surface area (Å²) < 4.78 is 6.78. The Bertz CT molecular complexity index is 551. The summed E-state index contributed by atoms with van der Waals surface area (Å²) in [7, 11) is 1.52. The Hall–Kier alpha value is -2.14. The van der Waals surface area contributed by atoms with Gasteiger partial charge in [-0.05, 0) is 31.0 Å². The zero-order chi connectivity index (χ0) is 14.4. The maximum atomic E-state index is 11.5. The largest absolute Gasteiger partial charge is 0.372 e. The molecule has 1 N–H and O–H groups in total. The van der Waals surface area contributed by atoms with Crippen LogP contribution in [0.5, 0.6) is 0 Å². The Morgan fingerprint density at radius 2 is 2.15 bits per heavy atom. The van der Waals surface area contributed by atoms with E-state index in [2.05, 4.69) is 10.4 Å². The molecule has 1 amide bonds. The van der Waals surface area contributed by atoms with Crippen LogP contribution in [0.4, 0.5) is 0 Å². The van der Waals surface area contributed by atoms with E-state index in [-0.39, 0.29) is 5.91 Å². The number of hydrogen-bond acceptors (Lipinski definition) is 3. The first-order valence-electron chi connectivity index (χ1n) is 6.60. The first-order valence-corrected chi connectivity index (χ1v) is 6.60. The quantitative estimate of drug-likeness (QED) is 0.869. The number of carbonyl (C=O) groups excluding carboxylic acids is 1. The Labute approximate surface area is 118 Å². The second kappa shape index (κ2) is 6.86. The summed E-state index contributed by atoms with van der Waals surface area (Å²) in [5.41, 5.74) is 2.11. The summed E-state index contributed by atoms with van der Waals surface area (Å²) in [5, 5.41) is 7.14. The minimum Gasteiger partial charge on any atom is -0.372 e. The molecule has 0 fully saturated rings. The molecule has 106 valence electrons. The van der Waals surface area contributed by atoms with Crippen molar-refractivity contribution in [2.45, 2.75) is 19.4 Å². The standard InChI is InChI=1S/C15H19N3O2/c1-12(20-2)15(19)16-9-8-13-10-17-18(11-13)14-6-4-3-5-7-14/h3-7,10-12H,8-9H2,1-2H3,(H,16,19)/t12-/m1/s1. The minimum atomic E-state index is -0.415. The van der Waals surface area contributed by atoms with Crippen molar-refractivity contribution in [3.05, 3.63) is 48.3 Å². The number of aromatic nitrogens is 2. The normalized spacial score (nSPS) is 12.1.